The van der Waals surface area contributed by atoms with Gasteiger partial charge in [0.1, 0.15) is 0 Å². The van der Waals surface area contributed by atoms with E-state index in [1.165, 1.54) is 11.3 Å². The molecule has 0 aliphatic carbocycles. The number of nitrogens with one attached hydrogen (secondary N) is 1. The molecule has 4 rings (SSSR count). The molecule has 23 heavy (non-hydrogen) atoms. The molecule has 0 radical (unpaired) electrons. The van der Waals surface area contributed by atoms with Crippen molar-refractivity contribution in [1.82, 2.24) is 15.4 Å². The normalized spacial score (nSPS) is 18.6. The van der Waals surface area contributed by atoms with Crippen LogP contribution >= 0.6 is 24.0 Å². The Labute approximate surface area is 148 Å². The number of hydrazine groups is 2. The van der Waals surface area contributed by atoms with Crippen molar-refractivity contribution >= 4 is 35.4 Å². The van der Waals surface area contributed by atoms with Crippen molar-refractivity contribution in [1.29, 1.82) is 0 Å². The number of benzene rings is 2. The van der Waals surface area contributed by atoms with Gasteiger partial charge in [-0.25, -0.2) is 5.01 Å². The van der Waals surface area contributed by atoms with Crippen LogP contribution in [-0.2, 0) is 6.54 Å². The van der Waals surface area contributed by atoms with Gasteiger partial charge in [-0.3, -0.25) is 5.01 Å². The number of halogens is 2. The summed E-state index contributed by atoms with van der Waals surface area (Å²) in [5.74, 6) is 0. The fourth-order valence-electron chi connectivity index (χ4n) is 3.19. The third-order valence-corrected chi connectivity index (χ3v) is 4.58. The van der Waals surface area contributed by atoms with Gasteiger partial charge in [0.25, 0.3) is 0 Å². The molecule has 0 saturated carbocycles. The molecular formula is C17H20Cl2N4. The first kappa shape index (κ1) is 16.6. The summed E-state index contributed by atoms with van der Waals surface area (Å²) in [6.45, 7) is 4.94. The SMILES string of the molecule is Cl.Clc1ccccc1N1c2ccccc2CN1N1CCNCC1. The third kappa shape index (κ3) is 3.05. The Morgan fingerprint density at radius 1 is 0.870 bits per heavy atom. The van der Waals surface area contributed by atoms with Crippen LogP contribution in [0, 0.1) is 0 Å². The van der Waals surface area contributed by atoms with Crippen LogP contribution in [0.4, 0.5) is 11.4 Å². The summed E-state index contributed by atoms with van der Waals surface area (Å²) in [5.41, 5.74) is 3.59. The quantitative estimate of drug-likeness (QED) is 0.895. The van der Waals surface area contributed by atoms with Gasteiger partial charge in [0.2, 0.25) is 0 Å². The third-order valence-electron chi connectivity index (χ3n) is 4.26. The highest BCUT2D eigenvalue weighted by Gasteiger charge is 2.33. The molecule has 1 saturated heterocycles. The van der Waals surface area contributed by atoms with Crippen LogP contribution in [0.2, 0.25) is 5.02 Å². The smallest absolute Gasteiger partial charge is 0.0780 e. The molecule has 6 heteroatoms. The van der Waals surface area contributed by atoms with Gasteiger partial charge in [-0.2, -0.15) is 0 Å². The summed E-state index contributed by atoms with van der Waals surface area (Å²) >= 11 is 6.48. The van der Waals surface area contributed by atoms with E-state index in [0.29, 0.717) is 0 Å². The summed E-state index contributed by atoms with van der Waals surface area (Å²) in [6, 6.07) is 16.6. The Morgan fingerprint density at radius 2 is 1.52 bits per heavy atom. The summed E-state index contributed by atoms with van der Waals surface area (Å²) in [7, 11) is 0. The average Bonchev–Trinajstić information content (AvgIpc) is 2.95. The zero-order chi connectivity index (χ0) is 14.9. The number of nitrogens with zero attached hydrogens (tertiary/aromatic N) is 3. The number of hydrogen-bond acceptors (Lipinski definition) is 4. The fourth-order valence-corrected chi connectivity index (χ4v) is 3.40. The molecule has 122 valence electrons. The number of fused-ring (bicyclic) bond motifs is 1. The van der Waals surface area contributed by atoms with E-state index >= 15 is 0 Å². The van der Waals surface area contributed by atoms with Gasteiger partial charge in [-0.05, 0) is 23.8 Å². The van der Waals surface area contributed by atoms with E-state index in [4.69, 9.17) is 11.6 Å². The maximum absolute atomic E-state index is 6.48. The van der Waals surface area contributed by atoms with Crippen LogP contribution in [-0.4, -0.2) is 36.3 Å². The summed E-state index contributed by atoms with van der Waals surface area (Å²) in [5, 5.41) is 11.2. The second-order valence-electron chi connectivity index (χ2n) is 5.63. The van der Waals surface area contributed by atoms with Crippen LogP contribution in [0.25, 0.3) is 0 Å². The maximum atomic E-state index is 6.48. The number of para-hydroxylation sites is 2. The van der Waals surface area contributed by atoms with Crippen LogP contribution in [0.1, 0.15) is 5.56 Å². The Balaban J connectivity index is 0.00000156. The Hall–Kier alpha value is -1.30. The predicted octanol–water partition coefficient (Wildman–Crippen LogP) is 3.45. The lowest BCUT2D eigenvalue weighted by Gasteiger charge is -2.41. The first-order valence-corrected chi connectivity index (χ1v) is 8.08. The summed E-state index contributed by atoms with van der Waals surface area (Å²) in [4.78, 5) is 0. The van der Waals surface area contributed by atoms with E-state index in [1.54, 1.807) is 0 Å². The largest absolute Gasteiger partial charge is 0.314 e. The molecule has 0 aromatic heterocycles. The van der Waals surface area contributed by atoms with E-state index < -0.39 is 0 Å². The first-order valence-electron chi connectivity index (χ1n) is 7.70. The van der Waals surface area contributed by atoms with Crippen molar-refractivity contribution in [2.75, 3.05) is 31.2 Å². The van der Waals surface area contributed by atoms with Crippen LogP contribution < -0.4 is 10.3 Å². The zero-order valence-corrected chi connectivity index (χ0v) is 14.4. The number of anilines is 2. The van der Waals surface area contributed by atoms with Crippen LogP contribution in [0.3, 0.4) is 0 Å². The van der Waals surface area contributed by atoms with E-state index in [0.717, 1.165) is 43.4 Å². The van der Waals surface area contributed by atoms with Crippen molar-refractivity contribution in [2.24, 2.45) is 0 Å². The lowest BCUT2D eigenvalue weighted by molar-refractivity contribution is -0.0334. The maximum Gasteiger partial charge on any atom is 0.0780 e. The fraction of sp³-hybridized carbons (Fsp3) is 0.294. The van der Waals surface area contributed by atoms with E-state index in [9.17, 15) is 0 Å². The Morgan fingerprint density at radius 3 is 2.26 bits per heavy atom. The Kier molecular flexibility index (Phi) is 5.09. The van der Waals surface area contributed by atoms with Crippen LogP contribution in [0.15, 0.2) is 48.5 Å². The number of piperazine rings is 1. The standard InChI is InChI=1S/C17H19ClN4.ClH/c18-15-6-2-4-8-17(15)22-16-7-3-1-5-14(16)13-21(22)20-11-9-19-10-12-20;/h1-8,19H,9-13H2;1H. The number of hydrogen-bond donors (Lipinski definition) is 1. The van der Waals surface area contributed by atoms with Gasteiger partial charge < -0.3 is 5.32 Å². The van der Waals surface area contributed by atoms with Crippen molar-refractivity contribution in [3.63, 3.8) is 0 Å². The van der Waals surface area contributed by atoms with Gasteiger partial charge in [-0.1, -0.05) is 41.9 Å². The van der Waals surface area contributed by atoms with Gasteiger partial charge in [-0.15, -0.1) is 17.5 Å². The second-order valence-corrected chi connectivity index (χ2v) is 6.03. The van der Waals surface area contributed by atoms with E-state index in [1.807, 2.05) is 18.2 Å². The summed E-state index contributed by atoms with van der Waals surface area (Å²) in [6.07, 6.45) is 0. The van der Waals surface area contributed by atoms with Crippen molar-refractivity contribution < 1.29 is 0 Å². The topological polar surface area (TPSA) is 21.8 Å². The molecule has 2 aromatic rings. The molecule has 2 aliphatic rings. The van der Waals surface area contributed by atoms with Gasteiger partial charge in [0, 0.05) is 26.2 Å². The average molecular weight is 351 g/mol. The minimum Gasteiger partial charge on any atom is -0.314 e. The highest BCUT2D eigenvalue weighted by molar-refractivity contribution is 6.33. The minimum absolute atomic E-state index is 0. The monoisotopic (exact) mass is 350 g/mol. The molecule has 0 atom stereocenters. The van der Waals surface area contributed by atoms with E-state index in [2.05, 4.69) is 50.8 Å². The number of rotatable bonds is 2. The predicted molar refractivity (Wildman–Crippen MR) is 97.3 cm³/mol. The molecule has 2 aliphatic heterocycles. The molecule has 0 unspecified atom stereocenters. The molecule has 1 N–H and O–H groups in total. The van der Waals surface area contributed by atoms with Crippen molar-refractivity contribution in [3.8, 4) is 0 Å². The molecule has 0 spiro atoms. The molecule has 4 nitrogen and oxygen atoms in total. The van der Waals surface area contributed by atoms with Crippen LogP contribution in [0.5, 0.6) is 0 Å². The van der Waals surface area contributed by atoms with Gasteiger partial charge in [0.15, 0.2) is 0 Å². The molecule has 0 bridgehead atoms. The van der Waals surface area contributed by atoms with Gasteiger partial charge >= 0.3 is 0 Å². The highest BCUT2D eigenvalue weighted by atomic mass is 35.5. The lowest BCUT2D eigenvalue weighted by atomic mass is 10.2. The van der Waals surface area contributed by atoms with Gasteiger partial charge in [0.05, 0.1) is 22.9 Å². The molecule has 0 amide bonds. The molecule has 2 heterocycles. The molecule has 1 fully saturated rings. The Bertz CT molecular complexity index is 673. The second kappa shape index (κ2) is 7.07. The van der Waals surface area contributed by atoms with E-state index in [-0.39, 0.29) is 12.4 Å². The zero-order valence-electron chi connectivity index (χ0n) is 12.8. The highest BCUT2D eigenvalue weighted by Crippen LogP contribution is 2.41. The summed E-state index contributed by atoms with van der Waals surface area (Å²) < 4.78 is 0. The lowest BCUT2D eigenvalue weighted by Crippen LogP contribution is -2.55. The minimum atomic E-state index is 0. The molecule has 2 aromatic carbocycles. The first-order chi connectivity index (χ1) is 10.8. The van der Waals surface area contributed by atoms with Crippen molar-refractivity contribution in [2.45, 2.75) is 6.54 Å². The van der Waals surface area contributed by atoms with Crippen molar-refractivity contribution in [3.05, 3.63) is 59.1 Å². The molecular weight excluding hydrogens is 331 g/mol.